The van der Waals surface area contributed by atoms with Crippen LogP contribution >= 0.6 is 0 Å². The van der Waals surface area contributed by atoms with Crippen LogP contribution in [0, 0.1) is 0 Å². The summed E-state index contributed by atoms with van der Waals surface area (Å²) < 4.78 is 53.8. The Hall–Kier alpha value is -4.00. The van der Waals surface area contributed by atoms with Gasteiger partial charge in [0.15, 0.2) is 23.0 Å². The SMILES string of the molecule is COc1ccc2c(c1OC)C[NH+]1CCc3cc4c(cc3[C@H]1C2)OCO4.O=C(O)c1cc(S(=O)(=O)[O-])ccc1O. The molecule has 3 aliphatic heterocycles. The maximum Gasteiger partial charge on any atom is 0.339 e. The van der Waals surface area contributed by atoms with Gasteiger partial charge in [0.2, 0.25) is 6.79 Å². The Bertz CT molecular complexity index is 1550. The largest absolute Gasteiger partial charge is 0.744 e. The Labute approximate surface area is 224 Å². The van der Waals surface area contributed by atoms with Crippen molar-refractivity contribution in [1.82, 2.24) is 0 Å². The molecule has 2 atom stereocenters. The van der Waals surface area contributed by atoms with Crippen LogP contribution in [0.25, 0.3) is 0 Å². The molecule has 3 heterocycles. The van der Waals surface area contributed by atoms with Crippen LogP contribution < -0.4 is 23.8 Å². The summed E-state index contributed by atoms with van der Waals surface area (Å²) in [7, 11) is -1.28. The average molecular weight is 558 g/mol. The van der Waals surface area contributed by atoms with Crippen LogP contribution in [0.5, 0.6) is 28.7 Å². The molecule has 0 saturated carbocycles. The molecule has 1 unspecified atom stereocenters. The zero-order valence-electron chi connectivity index (χ0n) is 21.2. The number of aromatic carboxylic acids is 1. The van der Waals surface area contributed by atoms with E-state index in [1.165, 1.54) is 22.3 Å². The summed E-state index contributed by atoms with van der Waals surface area (Å²) in [6, 6.07) is 11.3. The second kappa shape index (κ2) is 10.3. The number of hydrogen-bond donors (Lipinski definition) is 3. The molecule has 0 bridgehead atoms. The van der Waals surface area contributed by atoms with Crippen molar-refractivity contribution in [2.24, 2.45) is 0 Å². The maximum atomic E-state index is 10.5. The van der Waals surface area contributed by atoms with E-state index in [0.29, 0.717) is 18.9 Å². The fourth-order valence-corrected chi connectivity index (χ4v) is 5.90. The number of quaternary nitrogens is 1. The monoisotopic (exact) mass is 557 g/mol. The number of carbonyl (C=O) groups is 1. The van der Waals surface area contributed by atoms with E-state index in [1.807, 2.05) is 6.07 Å². The molecule has 0 saturated heterocycles. The van der Waals surface area contributed by atoms with Gasteiger partial charge >= 0.3 is 5.97 Å². The fourth-order valence-electron chi connectivity index (χ4n) is 5.40. The number of fused-ring (bicyclic) bond motifs is 5. The molecule has 206 valence electrons. The predicted molar refractivity (Wildman–Crippen MR) is 135 cm³/mol. The molecule has 3 aliphatic rings. The van der Waals surface area contributed by atoms with Crippen molar-refractivity contribution < 1.29 is 51.8 Å². The maximum absolute atomic E-state index is 10.5. The number of carboxylic acid groups (broad SMARTS) is 1. The number of phenols is 1. The van der Waals surface area contributed by atoms with Crippen molar-refractivity contribution >= 4 is 16.1 Å². The number of nitrogens with one attached hydrogen (secondary N) is 1. The number of rotatable bonds is 4. The first-order valence-corrected chi connectivity index (χ1v) is 13.5. The minimum absolute atomic E-state index is 0.333. The van der Waals surface area contributed by atoms with E-state index < -0.39 is 32.3 Å². The smallest absolute Gasteiger partial charge is 0.339 e. The van der Waals surface area contributed by atoms with E-state index in [4.69, 9.17) is 29.2 Å². The lowest BCUT2D eigenvalue weighted by Gasteiger charge is -2.39. The molecule has 11 nitrogen and oxygen atoms in total. The van der Waals surface area contributed by atoms with Crippen LogP contribution in [0.2, 0.25) is 0 Å². The molecule has 0 aliphatic carbocycles. The number of benzene rings is 3. The molecular formula is C27H27NO10S. The fraction of sp³-hybridized carbons (Fsp3) is 0.296. The number of hydrogen-bond acceptors (Lipinski definition) is 9. The van der Waals surface area contributed by atoms with Gasteiger partial charge in [-0.2, -0.15) is 0 Å². The van der Waals surface area contributed by atoms with Crippen molar-refractivity contribution in [3.63, 3.8) is 0 Å². The standard InChI is InChI=1S/C20H21NO4.C7H6O6S/c1-22-17-4-3-12-7-16-14-9-19-18(24-11-25-19)8-13(14)5-6-21(16)10-15(12)20(17)23-2;8-6-2-1-4(14(11,12)13)3-5(6)7(9)10/h3-4,8-9,16H,5-7,10-11H2,1-2H3;1-3,8H,(H,9,10)(H,11,12,13)/t16-;/m1./s1. The van der Waals surface area contributed by atoms with Crippen LogP contribution in [0.3, 0.4) is 0 Å². The molecule has 3 aromatic rings. The first-order valence-electron chi connectivity index (χ1n) is 12.1. The number of methoxy groups -OCH3 is 2. The Morgan fingerprint density at radius 3 is 2.46 bits per heavy atom. The lowest BCUT2D eigenvalue weighted by Crippen LogP contribution is -3.13. The Morgan fingerprint density at radius 1 is 1.05 bits per heavy atom. The van der Waals surface area contributed by atoms with Crippen molar-refractivity contribution in [3.05, 3.63) is 70.3 Å². The molecular weight excluding hydrogens is 530 g/mol. The van der Waals surface area contributed by atoms with Crippen molar-refractivity contribution in [2.75, 3.05) is 27.6 Å². The summed E-state index contributed by atoms with van der Waals surface area (Å²) in [5, 5.41) is 17.5. The van der Waals surface area contributed by atoms with Gasteiger partial charge in [-0.05, 0) is 47.5 Å². The first-order chi connectivity index (χ1) is 18.6. The van der Waals surface area contributed by atoms with Crippen LogP contribution in [0.1, 0.15) is 38.7 Å². The van der Waals surface area contributed by atoms with Gasteiger partial charge in [0.1, 0.15) is 34.0 Å². The molecule has 3 N–H and O–H groups in total. The highest BCUT2D eigenvalue weighted by atomic mass is 32.2. The lowest BCUT2D eigenvalue weighted by molar-refractivity contribution is -0.949. The van der Waals surface area contributed by atoms with E-state index >= 15 is 0 Å². The number of carboxylic acids is 1. The second-order valence-corrected chi connectivity index (χ2v) is 10.8. The molecule has 0 aromatic heterocycles. The molecule has 3 aromatic carbocycles. The number of aromatic hydroxyl groups is 1. The summed E-state index contributed by atoms with van der Waals surface area (Å²) in [6.45, 7) is 2.42. The molecule has 12 heteroatoms. The lowest BCUT2D eigenvalue weighted by atomic mass is 9.83. The molecule has 6 rings (SSSR count). The summed E-state index contributed by atoms with van der Waals surface area (Å²) in [6.07, 6.45) is 2.08. The molecule has 0 fully saturated rings. The summed E-state index contributed by atoms with van der Waals surface area (Å²) in [5.74, 6) is 1.39. The van der Waals surface area contributed by atoms with Gasteiger partial charge < -0.3 is 38.6 Å². The van der Waals surface area contributed by atoms with E-state index in [2.05, 4.69) is 18.2 Å². The Morgan fingerprint density at radius 2 is 1.79 bits per heavy atom. The van der Waals surface area contributed by atoms with Gasteiger partial charge in [-0.3, -0.25) is 0 Å². The third-order valence-electron chi connectivity index (χ3n) is 7.28. The van der Waals surface area contributed by atoms with Crippen LogP contribution in [-0.2, 0) is 29.5 Å². The average Bonchev–Trinajstić information content (AvgIpc) is 3.37. The van der Waals surface area contributed by atoms with Gasteiger partial charge in [-0.1, -0.05) is 6.07 Å². The molecule has 0 spiro atoms. The van der Waals surface area contributed by atoms with Crippen molar-refractivity contribution in [1.29, 1.82) is 0 Å². The summed E-state index contributed by atoms with van der Waals surface area (Å²) in [5.41, 5.74) is 4.84. The minimum atomic E-state index is -4.70. The third kappa shape index (κ3) is 5.05. The van der Waals surface area contributed by atoms with Gasteiger partial charge in [-0.15, -0.1) is 0 Å². The van der Waals surface area contributed by atoms with Gasteiger partial charge in [-0.25, -0.2) is 13.2 Å². The molecule has 0 amide bonds. The van der Waals surface area contributed by atoms with Crippen LogP contribution in [0.15, 0.2) is 47.4 Å². The third-order valence-corrected chi connectivity index (χ3v) is 8.11. The topological polar surface area (TPSA) is 156 Å². The first kappa shape index (κ1) is 26.6. The van der Waals surface area contributed by atoms with Crippen molar-refractivity contribution in [3.8, 4) is 28.7 Å². The Kier molecular flexibility index (Phi) is 7.02. The van der Waals surface area contributed by atoms with E-state index in [9.17, 15) is 17.8 Å². The molecule has 0 radical (unpaired) electrons. The van der Waals surface area contributed by atoms with Crippen LogP contribution in [-0.4, -0.2) is 56.7 Å². The summed E-state index contributed by atoms with van der Waals surface area (Å²) >= 11 is 0. The normalized spacial score (nSPS) is 18.5. The highest BCUT2D eigenvalue weighted by Crippen LogP contribution is 2.41. The highest BCUT2D eigenvalue weighted by molar-refractivity contribution is 7.85. The summed E-state index contributed by atoms with van der Waals surface area (Å²) in [4.78, 5) is 11.3. The zero-order valence-corrected chi connectivity index (χ0v) is 22.0. The highest BCUT2D eigenvalue weighted by Gasteiger charge is 2.38. The molecule has 39 heavy (non-hydrogen) atoms. The zero-order chi connectivity index (χ0) is 27.9. The van der Waals surface area contributed by atoms with Gasteiger partial charge in [0.25, 0.3) is 0 Å². The van der Waals surface area contributed by atoms with E-state index in [1.54, 1.807) is 19.1 Å². The minimum Gasteiger partial charge on any atom is -0.744 e. The van der Waals surface area contributed by atoms with E-state index in [-0.39, 0.29) is 0 Å². The van der Waals surface area contributed by atoms with E-state index in [0.717, 1.165) is 61.1 Å². The second-order valence-electron chi connectivity index (χ2n) is 9.37. The predicted octanol–water partition coefficient (Wildman–Crippen LogP) is 1.67. The van der Waals surface area contributed by atoms with Crippen molar-refractivity contribution in [2.45, 2.75) is 30.3 Å². The Balaban J connectivity index is 0.000000189. The van der Waals surface area contributed by atoms with Gasteiger partial charge in [0, 0.05) is 18.4 Å². The quantitative estimate of drug-likeness (QED) is 0.403. The van der Waals surface area contributed by atoms with Gasteiger partial charge in [0.05, 0.1) is 31.2 Å². The number of ether oxygens (including phenoxy) is 4. The van der Waals surface area contributed by atoms with Crippen LogP contribution in [0.4, 0.5) is 0 Å².